The second kappa shape index (κ2) is 11.3. The quantitative estimate of drug-likeness (QED) is 0.527. The molecule has 0 fully saturated rings. The van der Waals surface area contributed by atoms with Gasteiger partial charge in [0.2, 0.25) is 0 Å². The van der Waals surface area contributed by atoms with Crippen molar-refractivity contribution in [1.29, 1.82) is 5.26 Å². The molecule has 0 spiro atoms. The van der Waals surface area contributed by atoms with Crippen LogP contribution in [-0.2, 0) is 22.5 Å². The van der Waals surface area contributed by atoms with E-state index in [1.165, 1.54) is 7.11 Å². The molecule has 0 bridgehead atoms. The van der Waals surface area contributed by atoms with Gasteiger partial charge in [-0.3, -0.25) is 9.59 Å². The summed E-state index contributed by atoms with van der Waals surface area (Å²) in [5.41, 5.74) is 4.15. The van der Waals surface area contributed by atoms with Crippen molar-refractivity contribution in [2.24, 2.45) is 0 Å². The fraction of sp³-hybridized carbons (Fsp3) is 0.192. The molecule has 0 unspecified atom stereocenters. The molecular formula is C26H25N3O3. The molecule has 0 heterocycles. The lowest BCUT2D eigenvalue weighted by molar-refractivity contribution is -0.139. The first kappa shape index (κ1) is 22.6. The topological polar surface area (TPSA) is 82.4 Å². The van der Waals surface area contributed by atoms with Gasteiger partial charge in [-0.15, -0.1) is 0 Å². The van der Waals surface area contributed by atoms with Crippen LogP contribution in [0.2, 0.25) is 0 Å². The summed E-state index contributed by atoms with van der Waals surface area (Å²) in [6.45, 7) is 1.25. The fourth-order valence-corrected chi connectivity index (χ4v) is 3.25. The Morgan fingerprint density at radius 2 is 1.62 bits per heavy atom. The lowest BCUT2D eigenvalue weighted by atomic mass is 10.1. The number of anilines is 1. The first-order chi connectivity index (χ1) is 15.6. The van der Waals surface area contributed by atoms with Crippen LogP contribution in [0.5, 0.6) is 0 Å². The lowest BCUT2D eigenvalue weighted by Crippen LogP contribution is -2.30. The van der Waals surface area contributed by atoms with E-state index in [9.17, 15) is 9.59 Å². The van der Waals surface area contributed by atoms with Crippen molar-refractivity contribution in [1.82, 2.24) is 5.32 Å². The number of methoxy groups -OCH3 is 1. The zero-order valence-electron chi connectivity index (χ0n) is 18.0. The van der Waals surface area contributed by atoms with Crippen molar-refractivity contribution in [2.45, 2.75) is 13.0 Å². The Balaban J connectivity index is 1.58. The van der Waals surface area contributed by atoms with Gasteiger partial charge in [-0.1, -0.05) is 42.5 Å². The summed E-state index contributed by atoms with van der Waals surface area (Å²) in [5.74, 6) is -0.464. The van der Waals surface area contributed by atoms with Gasteiger partial charge in [0.25, 0.3) is 5.91 Å². The number of hydrogen-bond donors (Lipinski definition) is 1. The molecule has 32 heavy (non-hydrogen) atoms. The molecule has 0 aliphatic carbocycles. The average molecular weight is 428 g/mol. The fourth-order valence-electron chi connectivity index (χ4n) is 3.25. The number of rotatable bonds is 9. The summed E-state index contributed by atoms with van der Waals surface area (Å²) in [4.78, 5) is 26.1. The predicted octanol–water partition coefficient (Wildman–Crippen LogP) is 3.71. The van der Waals surface area contributed by atoms with E-state index < -0.39 is 0 Å². The molecule has 0 saturated carbocycles. The normalized spacial score (nSPS) is 10.1. The van der Waals surface area contributed by atoms with E-state index in [2.05, 4.69) is 5.32 Å². The minimum atomic E-state index is -0.296. The highest BCUT2D eigenvalue weighted by Gasteiger charge is 2.13. The Kier molecular flexibility index (Phi) is 7.99. The SMILES string of the molecule is COC(=O)CN(Cc1ccccc1)c1ccc(CCNC(=O)c2ccc(C#N)cc2)cc1. The van der Waals surface area contributed by atoms with Crippen LogP contribution < -0.4 is 10.2 Å². The average Bonchev–Trinajstić information content (AvgIpc) is 2.84. The van der Waals surface area contributed by atoms with E-state index in [0.29, 0.717) is 30.6 Å². The van der Waals surface area contributed by atoms with Crippen LogP contribution in [0.1, 0.15) is 27.0 Å². The molecule has 0 aliphatic rings. The van der Waals surface area contributed by atoms with Gasteiger partial charge in [0.1, 0.15) is 6.54 Å². The second-order valence-corrected chi connectivity index (χ2v) is 7.28. The third-order valence-corrected chi connectivity index (χ3v) is 5.04. The summed E-state index contributed by atoms with van der Waals surface area (Å²) >= 11 is 0. The Hall–Kier alpha value is -4.11. The number of hydrogen-bond acceptors (Lipinski definition) is 5. The van der Waals surface area contributed by atoms with Crippen LogP contribution in [0.3, 0.4) is 0 Å². The first-order valence-corrected chi connectivity index (χ1v) is 10.3. The van der Waals surface area contributed by atoms with Gasteiger partial charge >= 0.3 is 5.97 Å². The van der Waals surface area contributed by atoms with E-state index in [4.69, 9.17) is 10.00 Å². The minimum absolute atomic E-state index is 0.158. The van der Waals surface area contributed by atoms with Gasteiger partial charge in [0, 0.05) is 24.3 Å². The summed E-state index contributed by atoms with van der Waals surface area (Å²) in [5, 5.41) is 11.7. The van der Waals surface area contributed by atoms with E-state index in [1.807, 2.05) is 65.6 Å². The molecule has 0 radical (unpaired) electrons. The summed E-state index contributed by atoms with van der Waals surface area (Å²) < 4.78 is 4.85. The van der Waals surface area contributed by atoms with Crippen molar-refractivity contribution in [3.05, 3.63) is 101 Å². The van der Waals surface area contributed by atoms with Gasteiger partial charge in [0.05, 0.1) is 18.7 Å². The summed E-state index contributed by atoms with van der Waals surface area (Å²) in [6, 6.07) is 26.5. The molecule has 3 rings (SSSR count). The van der Waals surface area contributed by atoms with E-state index in [1.54, 1.807) is 24.3 Å². The highest BCUT2D eigenvalue weighted by Crippen LogP contribution is 2.18. The number of amides is 1. The zero-order chi connectivity index (χ0) is 22.8. The highest BCUT2D eigenvalue weighted by atomic mass is 16.5. The van der Waals surface area contributed by atoms with Gasteiger partial charge in [0.15, 0.2) is 0 Å². The summed E-state index contributed by atoms with van der Waals surface area (Å²) in [6.07, 6.45) is 0.679. The predicted molar refractivity (Wildman–Crippen MR) is 123 cm³/mol. The van der Waals surface area contributed by atoms with Crippen LogP contribution in [0.15, 0.2) is 78.9 Å². The molecule has 0 saturated heterocycles. The minimum Gasteiger partial charge on any atom is -0.468 e. The number of ether oxygens (including phenoxy) is 1. The molecule has 1 amide bonds. The monoisotopic (exact) mass is 427 g/mol. The van der Waals surface area contributed by atoms with E-state index >= 15 is 0 Å². The zero-order valence-corrected chi connectivity index (χ0v) is 18.0. The summed E-state index contributed by atoms with van der Waals surface area (Å²) in [7, 11) is 1.39. The number of benzene rings is 3. The van der Waals surface area contributed by atoms with Crippen LogP contribution in [0.4, 0.5) is 5.69 Å². The van der Waals surface area contributed by atoms with Crippen molar-refractivity contribution in [2.75, 3.05) is 25.1 Å². The number of esters is 1. The smallest absolute Gasteiger partial charge is 0.325 e. The van der Waals surface area contributed by atoms with Gasteiger partial charge in [-0.05, 0) is 53.9 Å². The molecule has 0 aliphatic heterocycles. The van der Waals surface area contributed by atoms with Crippen molar-refractivity contribution in [3.63, 3.8) is 0 Å². The Morgan fingerprint density at radius 1 is 0.938 bits per heavy atom. The molecule has 3 aromatic carbocycles. The van der Waals surface area contributed by atoms with Gasteiger partial charge < -0.3 is 15.0 Å². The second-order valence-electron chi connectivity index (χ2n) is 7.28. The molecule has 1 N–H and O–H groups in total. The van der Waals surface area contributed by atoms with E-state index in [0.717, 1.165) is 16.8 Å². The molecule has 162 valence electrons. The van der Waals surface area contributed by atoms with Crippen LogP contribution >= 0.6 is 0 Å². The van der Waals surface area contributed by atoms with Crippen LogP contribution in [0, 0.1) is 11.3 Å². The molecule has 6 heteroatoms. The largest absolute Gasteiger partial charge is 0.468 e. The number of nitrogens with one attached hydrogen (secondary N) is 1. The Labute approximate surface area is 188 Å². The molecule has 6 nitrogen and oxygen atoms in total. The maximum Gasteiger partial charge on any atom is 0.325 e. The highest BCUT2D eigenvalue weighted by molar-refractivity contribution is 5.94. The molecular weight excluding hydrogens is 402 g/mol. The lowest BCUT2D eigenvalue weighted by Gasteiger charge is -2.24. The molecule has 0 atom stereocenters. The van der Waals surface area contributed by atoms with E-state index in [-0.39, 0.29) is 18.4 Å². The van der Waals surface area contributed by atoms with Crippen LogP contribution in [-0.4, -0.2) is 32.1 Å². The number of nitrogens with zero attached hydrogens (tertiary/aromatic N) is 2. The molecule has 3 aromatic rings. The third kappa shape index (κ3) is 6.44. The first-order valence-electron chi connectivity index (χ1n) is 10.3. The third-order valence-electron chi connectivity index (χ3n) is 5.04. The van der Waals surface area contributed by atoms with Crippen molar-refractivity contribution < 1.29 is 14.3 Å². The number of nitriles is 1. The van der Waals surface area contributed by atoms with Crippen molar-refractivity contribution >= 4 is 17.6 Å². The maximum atomic E-state index is 12.2. The Morgan fingerprint density at radius 3 is 2.25 bits per heavy atom. The van der Waals surface area contributed by atoms with Crippen LogP contribution in [0.25, 0.3) is 0 Å². The van der Waals surface area contributed by atoms with Crippen molar-refractivity contribution in [3.8, 4) is 6.07 Å². The Bertz CT molecular complexity index is 1070. The van der Waals surface area contributed by atoms with Gasteiger partial charge in [-0.2, -0.15) is 5.26 Å². The standard InChI is InChI=1S/C26H25N3O3/c1-32-25(30)19-29(18-22-5-3-2-4-6-22)24-13-9-20(10-14-24)15-16-28-26(31)23-11-7-21(17-27)8-12-23/h2-14H,15-16,18-19H2,1H3,(H,28,31). The maximum absolute atomic E-state index is 12.2. The van der Waals surface area contributed by atoms with Gasteiger partial charge in [-0.25, -0.2) is 0 Å². The molecule has 0 aromatic heterocycles. The number of carbonyl (C=O) groups is 2. The number of carbonyl (C=O) groups excluding carboxylic acids is 2.